The first-order valence-corrected chi connectivity index (χ1v) is 4.95. The average Bonchev–Trinajstić information content (AvgIpc) is 2.81. The van der Waals surface area contributed by atoms with Crippen LogP contribution in [-0.2, 0) is 4.94 Å². The number of rotatable bonds is 1. The van der Waals surface area contributed by atoms with E-state index in [1.807, 2.05) is 0 Å². The van der Waals surface area contributed by atoms with Crippen LogP contribution in [0.1, 0.15) is 5.89 Å². The van der Waals surface area contributed by atoms with Gasteiger partial charge in [0.1, 0.15) is 11.2 Å². The fraction of sp³-hybridized carbons (Fsp3) is 0.100. The number of aromatic nitrogens is 1. The monoisotopic (exact) mass is 234 g/mol. The van der Waals surface area contributed by atoms with E-state index >= 15 is 0 Å². The molecular weight excluding hydrogens is 224 g/mol. The van der Waals surface area contributed by atoms with Crippen molar-refractivity contribution >= 4 is 16.8 Å². The molecule has 0 bridgehead atoms. The quantitative estimate of drug-likeness (QED) is 0.767. The molecule has 0 spiro atoms. The second kappa shape index (κ2) is 3.37. The summed E-state index contributed by atoms with van der Waals surface area (Å²) >= 11 is 0. The lowest BCUT2D eigenvalue weighted by molar-refractivity contribution is -0.303. The van der Waals surface area contributed by atoms with Crippen LogP contribution in [0, 0.1) is 6.92 Å². The minimum Gasteiger partial charge on any atom is -0.441 e. The van der Waals surface area contributed by atoms with Gasteiger partial charge < -0.3 is 10.2 Å². The van der Waals surface area contributed by atoms with E-state index in [0.717, 1.165) is 0 Å². The van der Waals surface area contributed by atoms with Gasteiger partial charge in [-0.3, -0.25) is 5.21 Å². The second-order valence-electron chi connectivity index (χ2n) is 3.59. The molecule has 2 heterocycles. The van der Waals surface area contributed by atoms with Gasteiger partial charge >= 0.3 is 0 Å². The summed E-state index contributed by atoms with van der Waals surface area (Å²) in [6.07, 6.45) is 1.44. The molecule has 0 radical (unpaired) electrons. The smallest absolute Gasteiger partial charge is 0.192 e. The molecule has 1 aliphatic rings. The maximum absolute atomic E-state index is 9.24. The number of nitrogens with zero attached hydrogens (tertiary/aromatic N) is 3. The molecule has 3 rings (SSSR count). The number of fused-ring (bicyclic) bond motifs is 1. The molecule has 3 N–H and O–H groups in total. The lowest BCUT2D eigenvalue weighted by atomic mass is 10.3. The van der Waals surface area contributed by atoms with Crippen LogP contribution in [0.25, 0.3) is 11.1 Å². The van der Waals surface area contributed by atoms with Crippen LogP contribution in [0.4, 0.5) is 5.69 Å². The summed E-state index contributed by atoms with van der Waals surface area (Å²) in [6.45, 7) is 1.76. The van der Waals surface area contributed by atoms with E-state index in [-0.39, 0.29) is 5.82 Å². The van der Waals surface area contributed by atoms with Crippen molar-refractivity contribution in [3.05, 3.63) is 36.1 Å². The van der Waals surface area contributed by atoms with Gasteiger partial charge in [-0.2, -0.15) is 5.06 Å². The SMILES string of the molecule is Cc1nc2c(N3C=C(N)N(O)O3)cccc2o1. The zero-order chi connectivity index (χ0) is 12.0. The molecule has 0 aliphatic carbocycles. The van der Waals surface area contributed by atoms with Crippen molar-refractivity contribution < 1.29 is 14.6 Å². The third kappa shape index (κ3) is 1.49. The highest BCUT2D eigenvalue weighted by Gasteiger charge is 2.23. The maximum atomic E-state index is 9.24. The number of benzene rings is 1. The van der Waals surface area contributed by atoms with Crippen LogP contribution in [-0.4, -0.2) is 15.4 Å². The van der Waals surface area contributed by atoms with E-state index in [0.29, 0.717) is 27.9 Å². The van der Waals surface area contributed by atoms with Crippen molar-refractivity contribution in [1.82, 2.24) is 10.2 Å². The van der Waals surface area contributed by atoms with E-state index in [4.69, 9.17) is 15.1 Å². The van der Waals surface area contributed by atoms with Crippen LogP contribution in [0.15, 0.2) is 34.6 Å². The van der Waals surface area contributed by atoms with Gasteiger partial charge in [-0.25, -0.2) is 4.98 Å². The molecule has 0 saturated carbocycles. The van der Waals surface area contributed by atoms with Crippen molar-refractivity contribution in [3.8, 4) is 0 Å². The molecule has 88 valence electrons. The minimum atomic E-state index is 0.0854. The zero-order valence-electron chi connectivity index (χ0n) is 8.99. The van der Waals surface area contributed by atoms with Gasteiger partial charge in [0.05, 0.1) is 6.20 Å². The summed E-state index contributed by atoms with van der Waals surface area (Å²) < 4.78 is 5.40. The highest BCUT2D eigenvalue weighted by Crippen LogP contribution is 2.29. The Kier molecular flexibility index (Phi) is 1.97. The van der Waals surface area contributed by atoms with Crippen LogP contribution in [0.2, 0.25) is 0 Å². The Morgan fingerprint density at radius 2 is 2.24 bits per heavy atom. The molecule has 17 heavy (non-hydrogen) atoms. The molecule has 2 aromatic rings. The summed E-state index contributed by atoms with van der Waals surface area (Å²) in [4.78, 5) is 9.25. The Labute approximate surface area is 96.2 Å². The van der Waals surface area contributed by atoms with Gasteiger partial charge in [0, 0.05) is 6.92 Å². The van der Waals surface area contributed by atoms with Crippen LogP contribution >= 0.6 is 0 Å². The Morgan fingerprint density at radius 1 is 1.41 bits per heavy atom. The number of hydroxylamine groups is 3. The Hall–Kier alpha value is -2.25. The number of para-hydroxylation sites is 1. The molecule has 1 aromatic heterocycles. The van der Waals surface area contributed by atoms with Gasteiger partial charge in [-0.05, 0) is 12.1 Å². The summed E-state index contributed by atoms with van der Waals surface area (Å²) in [6, 6.07) is 5.39. The van der Waals surface area contributed by atoms with Crippen molar-refractivity contribution in [3.63, 3.8) is 0 Å². The standard InChI is InChI=1S/C10H10N4O3/c1-6-12-10-7(3-2-4-8(10)16-6)13-5-9(11)14(15)17-13/h2-5,15H,11H2,1H3. The molecular formula is C10H10N4O3. The molecule has 0 fully saturated rings. The van der Waals surface area contributed by atoms with Gasteiger partial charge in [-0.15, -0.1) is 4.94 Å². The third-order valence-corrected chi connectivity index (χ3v) is 2.38. The second-order valence-corrected chi connectivity index (χ2v) is 3.59. The van der Waals surface area contributed by atoms with Crippen LogP contribution in [0.3, 0.4) is 0 Å². The summed E-state index contributed by atoms with van der Waals surface area (Å²) in [5.74, 6) is 0.645. The van der Waals surface area contributed by atoms with Crippen LogP contribution < -0.4 is 10.8 Å². The molecule has 0 atom stereocenters. The largest absolute Gasteiger partial charge is 0.441 e. The minimum absolute atomic E-state index is 0.0854. The molecule has 0 unspecified atom stereocenters. The van der Waals surface area contributed by atoms with Gasteiger partial charge in [-0.1, -0.05) is 11.3 Å². The summed E-state index contributed by atoms with van der Waals surface area (Å²) in [5, 5.41) is 11.0. The first kappa shape index (κ1) is 9.94. The predicted octanol–water partition coefficient (Wildman–Crippen LogP) is 1.25. The topological polar surface area (TPSA) is 88.0 Å². The Morgan fingerprint density at radius 3 is 2.94 bits per heavy atom. The third-order valence-electron chi connectivity index (χ3n) is 2.38. The van der Waals surface area contributed by atoms with Crippen molar-refractivity contribution in [2.24, 2.45) is 5.73 Å². The normalized spacial score (nSPS) is 15.8. The first-order chi connectivity index (χ1) is 8.15. The van der Waals surface area contributed by atoms with Crippen molar-refractivity contribution in [1.29, 1.82) is 0 Å². The van der Waals surface area contributed by atoms with Crippen LogP contribution in [0.5, 0.6) is 0 Å². The van der Waals surface area contributed by atoms with E-state index in [1.165, 1.54) is 11.3 Å². The fourth-order valence-electron chi connectivity index (χ4n) is 1.66. The number of oxazole rings is 1. The summed E-state index contributed by atoms with van der Waals surface area (Å²) in [7, 11) is 0. The molecule has 0 amide bonds. The molecule has 1 aliphatic heterocycles. The fourth-order valence-corrected chi connectivity index (χ4v) is 1.66. The lowest BCUT2D eigenvalue weighted by Crippen LogP contribution is -2.22. The highest BCUT2D eigenvalue weighted by molar-refractivity contribution is 5.87. The van der Waals surface area contributed by atoms with Gasteiger partial charge in [0.2, 0.25) is 0 Å². The highest BCUT2D eigenvalue weighted by atomic mass is 17.0. The first-order valence-electron chi connectivity index (χ1n) is 4.95. The van der Waals surface area contributed by atoms with E-state index in [2.05, 4.69) is 4.98 Å². The molecule has 0 saturated heterocycles. The Bertz CT molecular complexity index is 607. The van der Waals surface area contributed by atoms with Gasteiger partial charge in [0.25, 0.3) is 0 Å². The van der Waals surface area contributed by atoms with Crippen molar-refractivity contribution in [2.75, 3.05) is 5.06 Å². The van der Waals surface area contributed by atoms with E-state index in [9.17, 15) is 5.21 Å². The molecule has 1 aromatic carbocycles. The number of anilines is 1. The maximum Gasteiger partial charge on any atom is 0.192 e. The lowest BCUT2D eigenvalue weighted by Gasteiger charge is -2.14. The van der Waals surface area contributed by atoms with E-state index in [1.54, 1.807) is 25.1 Å². The molecule has 7 nitrogen and oxygen atoms in total. The number of hydrogen-bond acceptors (Lipinski definition) is 7. The van der Waals surface area contributed by atoms with Gasteiger partial charge in [0.15, 0.2) is 17.3 Å². The van der Waals surface area contributed by atoms with E-state index < -0.39 is 0 Å². The predicted molar refractivity (Wildman–Crippen MR) is 58.2 cm³/mol. The number of aryl methyl sites for hydroxylation is 1. The summed E-state index contributed by atoms with van der Waals surface area (Å²) in [5.41, 5.74) is 7.41. The zero-order valence-corrected chi connectivity index (χ0v) is 8.99. The van der Waals surface area contributed by atoms with Crippen molar-refractivity contribution in [2.45, 2.75) is 6.92 Å². The molecule has 7 heteroatoms. The average molecular weight is 234 g/mol. The number of hydrogen-bond donors (Lipinski definition) is 2. The number of nitrogens with two attached hydrogens (primary N) is 1. The Balaban J connectivity index is 2.12.